The normalized spacial score (nSPS) is 11.7. The molecule has 2 heterocycles. The molecule has 6 nitrogen and oxygen atoms in total. The average molecular weight is 448 g/mol. The molecule has 0 saturated carbocycles. The van der Waals surface area contributed by atoms with E-state index in [1.807, 2.05) is 24.4 Å². The van der Waals surface area contributed by atoms with Crippen molar-refractivity contribution in [1.82, 2.24) is 9.97 Å². The van der Waals surface area contributed by atoms with Crippen LogP contribution in [0.25, 0.3) is 0 Å². The first kappa shape index (κ1) is 21.3. The van der Waals surface area contributed by atoms with Crippen molar-refractivity contribution in [1.29, 1.82) is 0 Å². The molecule has 9 heteroatoms. The SMILES string of the molecule is Cc1nc(CSc2ccc(C(=O)OC(C)C(=O)Nc3cccnc3Cl)cc2)cs1. The number of amides is 1. The number of hydrogen-bond donors (Lipinski definition) is 1. The molecule has 0 aliphatic carbocycles. The van der Waals surface area contributed by atoms with Crippen LogP contribution in [0.2, 0.25) is 5.15 Å². The van der Waals surface area contributed by atoms with E-state index in [9.17, 15) is 9.59 Å². The Labute approximate surface area is 181 Å². The zero-order chi connectivity index (χ0) is 20.8. The van der Waals surface area contributed by atoms with Gasteiger partial charge in [-0.1, -0.05) is 11.6 Å². The van der Waals surface area contributed by atoms with E-state index >= 15 is 0 Å². The summed E-state index contributed by atoms with van der Waals surface area (Å²) in [5, 5.41) is 5.84. The van der Waals surface area contributed by atoms with Gasteiger partial charge in [-0.15, -0.1) is 23.1 Å². The second-order valence-corrected chi connectivity index (χ2v) is 8.52. The van der Waals surface area contributed by atoms with E-state index < -0.39 is 18.0 Å². The van der Waals surface area contributed by atoms with Crippen molar-refractivity contribution in [2.75, 3.05) is 5.32 Å². The number of aromatic nitrogens is 2. The second-order valence-electron chi connectivity index (χ2n) is 6.05. The number of carbonyl (C=O) groups is 2. The van der Waals surface area contributed by atoms with Crippen LogP contribution in [-0.4, -0.2) is 27.9 Å². The third-order valence-electron chi connectivity index (χ3n) is 3.81. The Morgan fingerprint density at radius 3 is 2.69 bits per heavy atom. The van der Waals surface area contributed by atoms with Gasteiger partial charge in [0.25, 0.3) is 5.91 Å². The van der Waals surface area contributed by atoms with Crippen molar-refractivity contribution < 1.29 is 14.3 Å². The van der Waals surface area contributed by atoms with E-state index in [-0.39, 0.29) is 5.15 Å². The minimum Gasteiger partial charge on any atom is -0.449 e. The number of carbonyl (C=O) groups excluding carboxylic acids is 2. The van der Waals surface area contributed by atoms with Gasteiger partial charge in [-0.05, 0) is 50.2 Å². The van der Waals surface area contributed by atoms with Crippen LogP contribution in [0, 0.1) is 6.92 Å². The summed E-state index contributed by atoms with van der Waals surface area (Å²) in [6.07, 6.45) is 0.530. The third kappa shape index (κ3) is 6.03. The molecular formula is C20H18ClN3O3S2. The molecule has 0 aliphatic rings. The maximum Gasteiger partial charge on any atom is 0.338 e. The quantitative estimate of drug-likeness (QED) is 0.312. The van der Waals surface area contributed by atoms with Crippen LogP contribution in [0.3, 0.4) is 0 Å². The Hall–Kier alpha value is -2.42. The molecule has 1 atom stereocenters. The third-order valence-corrected chi connectivity index (χ3v) is 5.98. The number of esters is 1. The number of aryl methyl sites for hydroxylation is 1. The van der Waals surface area contributed by atoms with E-state index in [4.69, 9.17) is 16.3 Å². The van der Waals surface area contributed by atoms with Crippen LogP contribution in [0.4, 0.5) is 5.69 Å². The van der Waals surface area contributed by atoms with Gasteiger partial charge in [-0.3, -0.25) is 4.79 Å². The monoisotopic (exact) mass is 447 g/mol. The highest BCUT2D eigenvalue weighted by atomic mass is 35.5. The number of thioether (sulfide) groups is 1. The first-order chi connectivity index (χ1) is 13.9. The molecule has 150 valence electrons. The molecule has 3 aromatic rings. The smallest absolute Gasteiger partial charge is 0.338 e. The molecule has 1 unspecified atom stereocenters. The Morgan fingerprint density at radius 2 is 2.03 bits per heavy atom. The molecule has 0 bridgehead atoms. The number of halogens is 1. The second kappa shape index (κ2) is 9.87. The molecular weight excluding hydrogens is 430 g/mol. The maximum absolute atomic E-state index is 12.3. The lowest BCUT2D eigenvalue weighted by Crippen LogP contribution is -2.30. The predicted molar refractivity (Wildman–Crippen MR) is 116 cm³/mol. The summed E-state index contributed by atoms with van der Waals surface area (Å²) in [6.45, 7) is 3.48. The molecule has 0 spiro atoms. The molecule has 1 amide bonds. The number of anilines is 1. The number of hydrogen-bond acceptors (Lipinski definition) is 7. The fourth-order valence-electron chi connectivity index (χ4n) is 2.31. The van der Waals surface area contributed by atoms with Crippen molar-refractivity contribution in [3.8, 4) is 0 Å². The van der Waals surface area contributed by atoms with E-state index in [1.54, 1.807) is 47.4 Å². The van der Waals surface area contributed by atoms with Crippen molar-refractivity contribution in [3.05, 3.63) is 69.4 Å². The van der Waals surface area contributed by atoms with Crippen molar-refractivity contribution in [3.63, 3.8) is 0 Å². The first-order valence-electron chi connectivity index (χ1n) is 8.68. The zero-order valence-corrected chi connectivity index (χ0v) is 18.1. The minimum absolute atomic E-state index is 0.167. The van der Waals surface area contributed by atoms with Crippen LogP contribution in [0.15, 0.2) is 52.9 Å². The molecule has 2 aromatic heterocycles. The van der Waals surface area contributed by atoms with Gasteiger partial charge in [0.2, 0.25) is 0 Å². The lowest BCUT2D eigenvalue weighted by Gasteiger charge is -2.14. The van der Waals surface area contributed by atoms with Gasteiger partial charge in [-0.25, -0.2) is 14.8 Å². The Kier molecular flexibility index (Phi) is 7.24. The van der Waals surface area contributed by atoms with Gasteiger partial charge < -0.3 is 10.1 Å². The van der Waals surface area contributed by atoms with Gasteiger partial charge in [-0.2, -0.15) is 0 Å². The number of pyridine rings is 1. The molecule has 0 fully saturated rings. The Balaban J connectivity index is 1.53. The molecule has 1 aromatic carbocycles. The van der Waals surface area contributed by atoms with Crippen LogP contribution in [0.5, 0.6) is 0 Å². The number of nitrogens with zero attached hydrogens (tertiary/aromatic N) is 2. The lowest BCUT2D eigenvalue weighted by molar-refractivity contribution is -0.123. The Bertz CT molecular complexity index is 1010. The summed E-state index contributed by atoms with van der Waals surface area (Å²) in [7, 11) is 0. The summed E-state index contributed by atoms with van der Waals surface area (Å²) in [5.41, 5.74) is 1.77. The highest BCUT2D eigenvalue weighted by Crippen LogP contribution is 2.24. The van der Waals surface area contributed by atoms with Crippen molar-refractivity contribution in [2.45, 2.75) is 30.6 Å². The first-order valence-corrected chi connectivity index (χ1v) is 10.9. The molecule has 3 rings (SSSR count). The van der Waals surface area contributed by atoms with Crippen molar-refractivity contribution in [2.24, 2.45) is 0 Å². The molecule has 0 aliphatic heterocycles. The van der Waals surface area contributed by atoms with Gasteiger partial charge in [0, 0.05) is 22.2 Å². The number of thiazole rings is 1. The summed E-state index contributed by atoms with van der Waals surface area (Å²) in [4.78, 5) is 33.9. The van der Waals surface area contributed by atoms with E-state index in [0.717, 1.165) is 21.3 Å². The van der Waals surface area contributed by atoms with Gasteiger partial charge in [0.05, 0.1) is 22.0 Å². The zero-order valence-electron chi connectivity index (χ0n) is 15.7. The van der Waals surface area contributed by atoms with Gasteiger partial charge in [0.1, 0.15) is 0 Å². The molecule has 29 heavy (non-hydrogen) atoms. The largest absolute Gasteiger partial charge is 0.449 e. The van der Waals surface area contributed by atoms with Crippen molar-refractivity contribution >= 4 is 52.3 Å². The fourth-order valence-corrected chi connectivity index (χ4v) is 3.99. The van der Waals surface area contributed by atoms with E-state index in [2.05, 4.69) is 15.3 Å². The number of benzene rings is 1. The average Bonchev–Trinajstić information content (AvgIpc) is 3.13. The van der Waals surface area contributed by atoms with E-state index in [0.29, 0.717) is 11.3 Å². The molecule has 0 radical (unpaired) electrons. The molecule has 0 saturated heterocycles. The summed E-state index contributed by atoms with van der Waals surface area (Å²) < 4.78 is 5.25. The van der Waals surface area contributed by atoms with Gasteiger partial charge >= 0.3 is 5.97 Å². The maximum atomic E-state index is 12.3. The standard InChI is InChI=1S/C20H18ClN3O3S2/c1-12(19(25)24-17-4-3-9-22-18(17)21)27-20(26)14-5-7-16(8-6-14)29-11-15-10-28-13(2)23-15/h3-10,12H,11H2,1-2H3,(H,24,25). The van der Waals surface area contributed by atoms with Crippen LogP contribution in [-0.2, 0) is 15.3 Å². The van der Waals surface area contributed by atoms with Crippen LogP contribution in [0.1, 0.15) is 28.0 Å². The minimum atomic E-state index is -0.985. The van der Waals surface area contributed by atoms with Crippen LogP contribution < -0.4 is 5.32 Å². The highest BCUT2D eigenvalue weighted by Gasteiger charge is 2.20. The van der Waals surface area contributed by atoms with Gasteiger partial charge in [0.15, 0.2) is 11.3 Å². The predicted octanol–water partition coefficient (Wildman–Crippen LogP) is 4.98. The van der Waals surface area contributed by atoms with E-state index in [1.165, 1.54) is 13.1 Å². The number of rotatable bonds is 7. The summed E-state index contributed by atoms with van der Waals surface area (Å²) >= 11 is 9.18. The summed E-state index contributed by atoms with van der Waals surface area (Å²) in [6, 6.07) is 10.3. The highest BCUT2D eigenvalue weighted by molar-refractivity contribution is 7.98. The lowest BCUT2D eigenvalue weighted by atomic mass is 10.2. The number of ether oxygens (including phenoxy) is 1. The summed E-state index contributed by atoms with van der Waals surface area (Å²) in [5.74, 6) is -0.294. The Morgan fingerprint density at radius 1 is 1.28 bits per heavy atom. The number of nitrogens with one attached hydrogen (secondary N) is 1. The fraction of sp³-hybridized carbons (Fsp3) is 0.200. The topological polar surface area (TPSA) is 81.2 Å². The molecule has 1 N–H and O–H groups in total. The van der Waals surface area contributed by atoms with Crippen LogP contribution >= 0.6 is 34.7 Å².